The molecule has 0 amide bonds. The molecule has 0 aliphatic carbocycles. The highest BCUT2D eigenvalue weighted by Gasteiger charge is 2.13. The molecule has 0 saturated heterocycles. The highest BCUT2D eigenvalue weighted by molar-refractivity contribution is 9.10. The van der Waals surface area contributed by atoms with Gasteiger partial charge in [0, 0.05) is 67.1 Å². The SMILES string of the molecule is Brc1ccc(-c2cc(-c3ccc(-c4ccccc4)cc3)nc(-c3cccnc3)n2)cc1.Brc1ccc(-c2cc(-c3ccc(-c4ccccc4)cc3)nc(-c3cccnc3)n2)cc1. The first kappa shape index (κ1) is 40.2. The summed E-state index contributed by atoms with van der Waals surface area (Å²) >= 11 is 7.01. The third-order valence-corrected chi connectivity index (χ3v) is 11.2. The maximum Gasteiger partial charge on any atom is 0.161 e. The van der Waals surface area contributed by atoms with Gasteiger partial charge in [-0.15, -0.1) is 0 Å². The number of pyridine rings is 2. The Bertz CT molecular complexity index is 2810. The molecule has 10 aromatic rings. The minimum atomic E-state index is 0.663. The van der Waals surface area contributed by atoms with Crippen molar-refractivity contribution < 1.29 is 0 Å². The van der Waals surface area contributed by atoms with Gasteiger partial charge in [-0.25, -0.2) is 19.9 Å². The van der Waals surface area contributed by atoms with E-state index in [0.29, 0.717) is 11.6 Å². The molecule has 0 atom stereocenters. The van der Waals surface area contributed by atoms with Crippen molar-refractivity contribution in [2.45, 2.75) is 0 Å². The van der Waals surface area contributed by atoms with Crippen LogP contribution < -0.4 is 0 Å². The molecule has 0 unspecified atom stereocenters. The standard InChI is InChI=1S/2C27H18BrN3/c2*28-24-14-12-22(13-15-24)26-17-25(30-27(31-26)23-7-4-16-29-18-23)21-10-8-20(9-11-21)19-5-2-1-3-6-19/h2*1-18H. The number of hydrogen-bond donors (Lipinski definition) is 0. The second-order valence-corrected chi connectivity index (χ2v) is 16.1. The summed E-state index contributed by atoms with van der Waals surface area (Å²) < 4.78 is 2.07. The Balaban J connectivity index is 0.000000158. The quantitative estimate of drug-likeness (QED) is 0.151. The average Bonchev–Trinajstić information content (AvgIpc) is 3.35. The molecule has 0 N–H and O–H groups in total. The van der Waals surface area contributed by atoms with Crippen LogP contribution in [0.4, 0.5) is 0 Å². The summed E-state index contributed by atoms with van der Waals surface area (Å²) in [7, 11) is 0. The molecular formula is C54H36Br2N6. The van der Waals surface area contributed by atoms with Crippen molar-refractivity contribution in [3.63, 3.8) is 0 Å². The Hall–Kier alpha value is -7.26. The van der Waals surface area contributed by atoms with Crippen LogP contribution in [0.2, 0.25) is 0 Å². The molecule has 0 aliphatic rings. The highest BCUT2D eigenvalue weighted by atomic mass is 79.9. The van der Waals surface area contributed by atoms with E-state index in [-0.39, 0.29) is 0 Å². The average molecular weight is 929 g/mol. The van der Waals surface area contributed by atoms with Crippen molar-refractivity contribution >= 4 is 31.9 Å². The zero-order valence-electron chi connectivity index (χ0n) is 33.2. The van der Waals surface area contributed by atoms with E-state index in [9.17, 15) is 0 Å². The van der Waals surface area contributed by atoms with Crippen LogP contribution in [0.1, 0.15) is 0 Å². The molecular weight excluding hydrogens is 892 g/mol. The predicted octanol–water partition coefficient (Wildman–Crippen LogP) is 14.6. The van der Waals surface area contributed by atoms with E-state index in [1.165, 1.54) is 22.3 Å². The molecule has 0 bridgehead atoms. The first-order valence-electron chi connectivity index (χ1n) is 19.9. The third-order valence-electron chi connectivity index (χ3n) is 10.1. The number of benzene rings is 6. The van der Waals surface area contributed by atoms with Gasteiger partial charge in [-0.05, 0) is 82.9 Å². The summed E-state index contributed by atoms with van der Waals surface area (Å²) in [4.78, 5) is 27.8. The van der Waals surface area contributed by atoms with E-state index in [0.717, 1.165) is 65.1 Å². The van der Waals surface area contributed by atoms with Gasteiger partial charge in [-0.3, -0.25) is 9.97 Å². The van der Waals surface area contributed by atoms with E-state index in [2.05, 4.69) is 163 Å². The summed E-state index contributed by atoms with van der Waals surface area (Å²) in [5.41, 5.74) is 14.2. The Morgan fingerprint density at radius 2 is 0.532 bits per heavy atom. The fourth-order valence-corrected chi connectivity index (χ4v) is 7.43. The molecule has 8 heteroatoms. The van der Waals surface area contributed by atoms with Gasteiger partial charge in [0.25, 0.3) is 0 Å². The van der Waals surface area contributed by atoms with Crippen molar-refractivity contribution in [2.75, 3.05) is 0 Å². The van der Waals surface area contributed by atoms with Gasteiger partial charge in [-0.2, -0.15) is 0 Å². The minimum absolute atomic E-state index is 0.663. The normalized spacial score (nSPS) is 10.7. The lowest BCUT2D eigenvalue weighted by atomic mass is 10.0. The van der Waals surface area contributed by atoms with Crippen LogP contribution in [0.25, 0.3) is 90.1 Å². The monoisotopic (exact) mass is 926 g/mol. The van der Waals surface area contributed by atoms with Gasteiger partial charge in [0.05, 0.1) is 22.8 Å². The number of halogens is 2. The first-order chi connectivity index (χ1) is 30.5. The van der Waals surface area contributed by atoms with E-state index in [1.54, 1.807) is 24.8 Å². The maximum atomic E-state index is 4.86. The molecule has 0 radical (unpaired) electrons. The van der Waals surface area contributed by atoms with Gasteiger partial charge in [0.2, 0.25) is 0 Å². The Morgan fingerprint density at radius 3 is 0.839 bits per heavy atom. The Kier molecular flexibility index (Phi) is 12.3. The summed E-state index contributed by atoms with van der Waals surface area (Å²) in [5, 5.41) is 0. The van der Waals surface area contributed by atoms with Crippen molar-refractivity contribution in [3.05, 3.63) is 228 Å². The van der Waals surface area contributed by atoms with Gasteiger partial charge in [0.15, 0.2) is 11.6 Å². The molecule has 0 saturated carbocycles. The van der Waals surface area contributed by atoms with Gasteiger partial charge < -0.3 is 0 Å². The molecule has 4 heterocycles. The number of hydrogen-bond acceptors (Lipinski definition) is 6. The van der Waals surface area contributed by atoms with Crippen LogP contribution in [-0.4, -0.2) is 29.9 Å². The van der Waals surface area contributed by atoms with E-state index in [4.69, 9.17) is 19.9 Å². The lowest BCUT2D eigenvalue weighted by Crippen LogP contribution is -1.96. The minimum Gasteiger partial charge on any atom is -0.264 e. The summed E-state index contributed by atoms with van der Waals surface area (Å²) in [6, 6.07) is 65.9. The topological polar surface area (TPSA) is 77.3 Å². The van der Waals surface area contributed by atoms with Crippen LogP contribution in [0, 0.1) is 0 Å². The van der Waals surface area contributed by atoms with Crippen LogP contribution in [0.5, 0.6) is 0 Å². The predicted molar refractivity (Wildman–Crippen MR) is 259 cm³/mol. The summed E-state index contributed by atoms with van der Waals surface area (Å²) in [6.45, 7) is 0. The fourth-order valence-electron chi connectivity index (χ4n) is 6.90. The summed E-state index contributed by atoms with van der Waals surface area (Å²) in [6.07, 6.45) is 7.10. The van der Waals surface area contributed by atoms with Gasteiger partial charge >= 0.3 is 0 Å². The van der Waals surface area contributed by atoms with Gasteiger partial charge in [-0.1, -0.05) is 165 Å². The van der Waals surface area contributed by atoms with Crippen molar-refractivity contribution in [2.24, 2.45) is 0 Å². The van der Waals surface area contributed by atoms with Crippen molar-refractivity contribution in [1.29, 1.82) is 0 Å². The smallest absolute Gasteiger partial charge is 0.161 e. The second-order valence-electron chi connectivity index (χ2n) is 14.3. The lowest BCUT2D eigenvalue weighted by Gasteiger charge is -2.10. The summed E-state index contributed by atoms with van der Waals surface area (Å²) in [5.74, 6) is 1.33. The molecule has 4 aromatic heterocycles. The highest BCUT2D eigenvalue weighted by Crippen LogP contribution is 2.32. The van der Waals surface area contributed by atoms with E-state index in [1.807, 2.05) is 72.8 Å². The van der Waals surface area contributed by atoms with E-state index >= 15 is 0 Å². The van der Waals surface area contributed by atoms with Crippen molar-refractivity contribution in [1.82, 2.24) is 29.9 Å². The first-order valence-corrected chi connectivity index (χ1v) is 21.5. The lowest BCUT2D eigenvalue weighted by molar-refractivity contribution is 1.17. The third kappa shape index (κ3) is 9.68. The number of rotatable bonds is 8. The molecule has 6 aromatic carbocycles. The van der Waals surface area contributed by atoms with Crippen LogP contribution in [-0.2, 0) is 0 Å². The number of aromatic nitrogens is 6. The molecule has 62 heavy (non-hydrogen) atoms. The Labute approximate surface area is 377 Å². The van der Waals surface area contributed by atoms with Crippen LogP contribution in [0.3, 0.4) is 0 Å². The van der Waals surface area contributed by atoms with Gasteiger partial charge in [0.1, 0.15) is 0 Å². The molecule has 0 fully saturated rings. The molecule has 0 spiro atoms. The van der Waals surface area contributed by atoms with Crippen LogP contribution in [0.15, 0.2) is 228 Å². The second kappa shape index (κ2) is 19.0. The Morgan fingerprint density at radius 1 is 0.258 bits per heavy atom. The number of nitrogens with zero attached hydrogens (tertiary/aromatic N) is 6. The molecule has 10 rings (SSSR count). The van der Waals surface area contributed by atoms with Crippen molar-refractivity contribution in [3.8, 4) is 90.1 Å². The van der Waals surface area contributed by atoms with E-state index < -0.39 is 0 Å². The largest absolute Gasteiger partial charge is 0.264 e. The maximum absolute atomic E-state index is 4.86. The zero-order chi connectivity index (χ0) is 42.1. The molecule has 6 nitrogen and oxygen atoms in total. The van der Waals surface area contributed by atoms with Crippen LogP contribution >= 0.6 is 31.9 Å². The fraction of sp³-hybridized carbons (Fsp3) is 0. The zero-order valence-corrected chi connectivity index (χ0v) is 36.4. The molecule has 0 aliphatic heterocycles. The molecule has 296 valence electrons.